The summed E-state index contributed by atoms with van der Waals surface area (Å²) in [6.45, 7) is 5.02. The number of halogens is 2. The Hall–Kier alpha value is -3.56. The van der Waals surface area contributed by atoms with Gasteiger partial charge in [-0.25, -0.2) is 8.78 Å². The minimum absolute atomic E-state index is 0.0736. The van der Waals surface area contributed by atoms with Gasteiger partial charge in [0.25, 0.3) is 11.5 Å². The van der Waals surface area contributed by atoms with Crippen molar-refractivity contribution in [3.8, 4) is 0 Å². The molecule has 10 heteroatoms. The molecule has 2 aromatic heterocycles. The molecule has 0 saturated carbocycles. The van der Waals surface area contributed by atoms with E-state index in [4.69, 9.17) is 0 Å². The minimum atomic E-state index is -1.07. The monoisotopic (exact) mass is 457 g/mol. The van der Waals surface area contributed by atoms with Crippen molar-refractivity contribution < 1.29 is 18.4 Å². The minimum Gasteiger partial charge on any atom is -0.339 e. The van der Waals surface area contributed by atoms with Gasteiger partial charge in [0, 0.05) is 56.2 Å². The van der Waals surface area contributed by atoms with Gasteiger partial charge in [0.1, 0.15) is 5.65 Å². The average Bonchev–Trinajstić information content (AvgIpc) is 3.07. The normalized spacial score (nSPS) is 14.2. The number of hydrogen-bond donors (Lipinski definition) is 1. The lowest BCUT2D eigenvalue weighted by atomic mass is 10.0. The summed E-state index contributed by atoms with van der Waals surface area (Å²) in [6.07, 6.45) is 0.476. The summed E-state index contributed by atoms with van der Waals surface area (Å²) in [7, 11) is 1.77. The molecule has 0 atom stereocenters. The van der Waals surface area contributed by atoms with Gasteiger partial charge in [-0.15, -0.1) is 0 Å². The van der Waals surface area contributed by atoms with E-state index in [0.717, 1.165) is 28.8 Å². The van der Waals surface area contributed by atoms with Gasteiger partial charge in [-0.2, -0.15) is 5.10 Å². The molecule has 8 nitrogen and oxygen atoms in total. The maximum Gasteiger partial charge on any atom is 0.254 e. The van der Waals surface area contributed by atoms with Crippen molar-refractivity contribution in [2.75, 3.05) is 26.2 Å². The first-order valence-corrected chi connectivity index (χ1v) is 10.7. The first-order chi connectivity index (χ1) is 15.7. The molecule has 0 aliphatic carbocycles. The molecule has 3 aromatic rings. The highest BCUT2D eigenvalue weighted by Crippen LogP contribution is 2.21. The van der Waals surface area contributed by atoms with Crippen LogP contribution in [-0.2, 0) is 18.3 Å². The summed E-state index contributed by atoms with van der Waals surface area (Å²) in [5.41, 5.74) is 2.72. The van der Waals surface area contributed by atoms with E-state index >= 15 is 0 Å². The SMILES string of the molecule is Cc1nn(C)c2[nH]c(=O)c(CCC(=O)N3CCN(C(=O)c4ccc(F)c(F)c4)CC3)c(C)c12. The van der Waals surface area contributed by atoms with Crippen molar-refractivity contribution >= 4 is 22.8 Å². The highest BCUT2D eigenvalue weighted by molar-refractivity contribution is 5.94. The van der Waals surface area contributed by atoms with Crippen molar-refractivity contribution in [3.63, 3.8) is 0 Å². The zero-order valence-electron chi connectivity index (χ0n) is 18.7. The standard InChI is InChI=1S/C23H25F2N5O3/c1-13-16(22(32)26-21-20(13)14(2)27-28(21)3)5-7-19(31)29-8-10-30(11-9-29)23(33)15-4-6-17(24)18(25)12-15/h4,6,12H,5,7-11H2,1-3H3,(H,26,32). The Morgan fingerprint density at radius 3 is 2.39 bits per heavy atom. The summed E-state index contributed by atoms with van der Waals surface area (Å²) >= 11 is 0. The number of hydrogen-bond acceptors (Lipinski definition) is 4. The smallest absolute Gasteiger partial charge is 0.254 e. The largest absolute Gasteiger partial charge is 0.339 e. The maximum absolute atomic E-state index is 13.4. The van der Waals surface area contributed by atoms with Crippen LogP contribution in [0.5, 0.6) is 0 Å². The Morgan fingerprint density at radius 1 is 1.06 bits per heavy atom. The molecule has 4 rings (SSSR count). The van der Waals surface area contributed by atoms with Gasteiger partial charge in [0.2, 0.25) is 5.91 Å². The van der Waals surface area contributed by atoms with Crippen molar-refractivity contribution in [1.82, 2.24) is 24.6 Å². The fourth-order valence-corrected chi connectivity index (χ4v) is 4.42. The molecule has 0 spiro atoms. The molecule has 33 heavy (non-hydrogen) atoms. The number of piperazine rings is 1. The number of benzene rings is 1. The number of carbonyl (C=O) groups excluding carboxylic acids is 2. The van der Waals surface area contributed by atoms with Gasteiger partial charge in [-0.3, -0.25) is 19.1 Å². The lowest BCUT2D eigenvalue weighted by Crippen LogP contribution is -2.50. The lowest BCUT2D eigenvalue weighted by Gasteiger charge is -2.35. The highest BCUT2D eigenvalue weighted by atomic mass is 19.2. The molecule has 174 valence electrons. The van der Waals surface area contributed by atoms with E-state index in [1.165, 1.54) is 11.0 Å². The number of aromatic nitrogens is 3. The molecule has 0 radical (unpaired) electrons. The van der Waals surface area contributed by atoms with Crippen LogP contribution in [0.1, 0.15) is 33.6 Å². The van der Waals surface area contributed by atoms with Crippen LogP contribution < -0.4 is 5.56 Å². The third-order valence-electron chi connectivity index (χ3n) is 6.23. The van der Waals surface area contributed by atoms with Crippen LogP contribution in [0.15, 0.2) is 23.0 Å². The zero-order chi connectivity index (χ0) is 23.9. The number of nitrogens with one attached hydrogen (secondary N) is 1. The van der Waals surface area contributed by atoms with Crippen LogP contribution >= 0.6 is 0 Å². The summed E-state index contributed by atoms with van der Waals surface area (Å²) in [5.74, 6) is -2.58. The van der Waals surface area contributed by atoms with E-state index in [0.29, 0.717) is 43.8 Å². The molecule has 1 fully saturated rings. The number of rotatable bonds is 4. The fourth-order valence-electron chi connectivity index (χ4n) is 4.42. The highest BCUT2D eigenvalue weighted by Gasteiger charge is 2.26. The van der Waals surface area contributed by atoms with Crippen molar-refractivity contribution in [3.05, 3.63) is 62.6 Å². The van der Waals surface area contributed by atoms with Gasteiger partial charge in [-0.1, -0.05) is 0 Å². The number of aromatic amines is 1. The maximum atomic E-state index is 13.4. The molecule has 1 aliphatic heterocycles. The van der Waals surface area contributed by atoms with E-state index in [-0.39, 0.29) is 23.5 Å². The molecule has 0 unspecified atom stereocenters. The van der Waals surface area contributed by atoms with Crippen LogP contribution in [-0.4, -0.2) is 62.6 Å². The number of nitrogens with zero attached hydrogens (tertiary/aromatic N) is 4. The number of pyridine rings is 1. The lowest BCUT2D eigenvalue weighted by molar-refractivity contribution is -0.132. The molecule has 2 amide bonds. The third kappa shape index (κ3) is 4.24. The summed E-state index contributed by atoms with van der Waals surface area (Å²) < 4.78 is 28.2. The zero-order valence-corrected chi connectivity index (χ0v) is 18.7. The number of carbonyl (C=O) groups is 2. The molecule has 1 N–H and O–H groups in total. The summed E-state index contributed by atoms with van der Waals surface area (Å²) in [5, 5.41) is 5.25. The van der Waals surface area contributed by atoms with Gasteiger partial charge in [0.05, 0.1) is 5.69 Å². The Balaban J connectivity index is 1.38. The van der Waals surface area contributed by atoms with Gasteiger partial charge >= 0.3 is 0 Å². The van der Waals surface area contributed by atoms with Crippen LogP contribution in [0.4, 0.5) is 8.78 Å². The first-order valence-electron chi connectivity index (χ1n) is 10.7. The van der Waals surface area contributed by atoms with E-state index in [1.54, 1.807) is 16.6 Å². The average molecular weight is 457 g/mol. The first kappa shape index (κ1) is 22.6. The fraction of sp³-hybridized carbons (Fsp3) is 0.391. The van der Waals surface area contributed by atoms with E-state index in [1.807, 2.05) is 13.8 Å². The molecule has 1 aliphatic rings. The molecule has 3 heterocycles. The summed E-state index contributed by atoms with van der Waals surface area (Å²) in [6, 6.07) is 3.06. The number of aryl methyl sites for hydroxylation is 3. The Labute approximate surface area is 188 Å². The predicted octanol–water partition coefficient (Wildman–Crippen LogP) is 2.07. The second-order valence-electron chi connectivity index (χ2n) is 8.29. The third-order valence-corrected chi connectivity index (χ3v) is 6.23. The van der Waals surface area contributed by atoms with E-state index in [9.17, 15) is 23.2 Å². The predicted molar refractivity (Wildman–Crippen MR) is 118 cm³/mol. The molecular weight excluding hydrogens is 432 g/mol. The quantitative estimate of drug-likeness (QED) is 0.650. The van der Waals surface area contributed by atoms with Crippen molar-refractivity contribution in [2.45, 2.75) is 26.7 Å². The van der Waals surface area contributed by atoms with Crippen LogP contribution in [0.2, 0.25) is 0 Å². The van der Waals surface area contributed by atoms with Gasteiger partial charge in [-0.05, 0) is 44.0 Å². The van der Waals surface area contributed by atoms with Crippen LogP contribution in [0.25, 0.3) is 11.0 Å². The molecule has 1 saturated heterocycles. The van der Waals surface area contributed by atoms with E-state index in [2.05, 4.69) is 10.1 Å². The van der Waals surface area contributed by atoms with E-state index < -0.39 is 17.5 Å². The topological polar surface area (TPSA) is 91.3 Å². The van der Waals surface area contributed by atoms with Gasteiger partial charge < -0.3 is 14.8 Å². The molecule has 0 bridgehead atoms. The van der Waals surface area contributed by atoms with Crippen molar-refractivity contribution in [2.24, 2.45) is 7.05 Å². The second-order valence-corrected chi connectivity index (χ2v) is 8.29. The Bertz CT molecular complexity index is 1310. The van der Waals surface area contributed by atoms with Crippen molar-refractivity contribution in [1.29, 1.82) is 0 Å². The Kier molecular flexibility index (Phi) is 6.01. The van der Waals surface area contributed by atoms with Gasteiger partial charge in [0.15, 0.2) is 11.6 Å². The number of amides is 2. The molecular formula is C23H25F2N5O3. The molecule has 1 aromatic carbocycles. The van der Waals surface area contributed by atoms with Crippen LogP contribution in [0, 0.1) is 25.5 Å². The second kappa shape index (κ2) is 8.76. The number of H-pyrrole nitrogens is 1. The van der Waals surface area contributed by atoms with Crippen LogP contribution in [0.3, 0.4) is 0 Å². The number of fused-ring (bicyclic) bond motifs is 1. The Morgan fingerprint density at radius 2 is 1.73 bits per heavy atom. The summed E-state index contributed by atoms with van der Waals surface area (Å²) in [4.78, 5) is 43.9.